The molecule has 1 heteroatoms. The Morgan fingerprint density at radius 2 is 1.70 bits per heavy atom. The standard InChI is InChI=1S/C19H22Si/c1-20(2,3)19(14-13-15-11-12-15)18-10-6-8-16-7-4-5-9-17(16)18/h4-10,15,19H,11-12H2,1-3H3. The molecule has 1 aliphatic rings. The first-order chi connectivity index (χ1) is 9.55. The largest absolute Gasteiger partial charge is 0.0996 e. The van der Waals surface area contributed by atoms with Crippen molar-refractivity contribution in [2.24, 2.45) is 5.92 Å². The Bertz CT molecular complexity index is 673. The van der Waals surface area contributed by atoms with Crippen molar-refractivity contribution in [1.29, 1.82) is 0 Å². The molecule has 102 valence electrons. The molecule has 1 saturated carbocycles. The van der Waals surface area contributed by atoms with Crippen LogP contribution in [0, 0.1) is 17.8 Å². The summed E-state index contributed by atoms with van der Waals surface area (Å²) < 4.78 is 0. The maximum atomic E-state index is 3.64. The summed E-state index contributed by atoms with van der Waals surface area (Å²) >= 11 is 0. The number of benzene rings is 2. The molecule has 0 saturated heterocycles. The minimum atomic E-state index is -1.36. The summed E-state index contributed by atoms with van der Waals surface area (Å²) in [6.45, 7) is 7.29. The molecule has 1 atom stereocenters. The van der Waals surface area contributed by atoms with E-state index in [1.54, 1.807) is 0 Å². The van der Waals surface area contributed by atoms with Crippen molar-refractivity contribution in [3.8, 4) is 11.8 Å². The van der Waals surface area contributed by atoms with E-state index in [1.165, 1.54) is 29.2 Å². The third kappa shape index (κ3) is 2.81. The molecule has 2 aromatic rings. The number of rotatable bonds is 2. The fraction of sp³-hybridized carbons (Fsp3) is 0.368. The average molecular weight is 278 g/mol. The molecule has 1 unspecified atom stereocenters. The maximum absolute atomic E-state index is 3.64. The minimum absolute atomic E-state index is 0.439. The predicted molar refractivity (Wildman–Crippen MR) is 90.5 cm³/mol. The topological polar surface area (TPSA) is 0 Å². The molecule has 1 aliphatic carbocycles. The van der Waals surface area contributed by atoms with Gasteiger partial charge in [0.15, 0.2) is 0 Å². The number of hydrogen-bond acceptors (Lipinski definition) is 0. The van der Waals surface area contributed by atoms with Crippen LogP contribution in [0.2, 0.25) is 19.6 Å². The lowest BCUT2D eigenvalue weighted by atomic mass is 10.0. The molecule has 0 heterocycles. The van der Waals surface area contributed by atoms with Gasteiger partial charge in [-0.15, -0.1) is 0 Å². The quantitative estimate of drug-likeness (QED) is 0.522. The van der Waals surface area contributed by atoms with E-state index >= 15 is 0 Å². The Kier molecular flexibility index (Phi) is 3.44. The van der Waals surface area contributed by atoms with Gasteiger partial charge in [0.1, 0.15) is 0 Å². The van der Waals surface area contributed by atoms with E-state index in [1.807, 2.05) is 0 Å². The van der Waals surface area contributed by atoms with Gasteiger partial charge in [-0.05, 0) is 29.2 Å². The molecule has 20 heavy (non-hydrogen) atoms. The highest BCUT2D eigenvalue weighted by atomic mass is 28.3. The molecule has 0 nitrogen and oxygen atoms in total. The van der Waals surface area contributed by atoms with Gasteiger partial charge in [-0.3, -0.25) is 0 Å². The van der Waals surface area contributed by atoms with Crippen molar-refractivity contribution in [1.82, 2.24) is 0 Å². The highest BCUT2D eigenvalue weighted by Gasteiger charge is 2.28. The van der Waals surface area contributed by atoms with Gasteiger partial charge in [0, 0.05) is 11.5 Å². The van der Waals surface area contributed by atoms with Crippen LogP contribution in [-0.4, -0.2) is 8.07 Å². The highest BCUT2D eigenvalue weighted by molar-refractivity contribution is 6.78. The van der Waals surface area contributed by atoms with E-state index in [0.29, 0.717) is 11.5 Å². The molecule has 0 N–H and O–H groups in total. The first-order valence-electron chi connectivity index (χ1n) is 7.54. The second kappa shape index (κ2) is 5.11. The van der Waals surface area contributed by atoms with Crippen LogP contribution in [0.3, 0.4) is 0 Å². The minimum Gasteiger partial charge on any atom is -0.0996 e. The van der Waals surface area contributed by atoms with E-state index in [0.717, 1.165) is 0 Å². The van der Waals surface area contributed by atoms with Gasteiger partial charge in [0.25, 0.3) is 0 Å². The van der Waals surface area contributed by atoms with Crippen LogP contribution >= 0.6 is 0 Å². The third-order valence-electron chi connectivity index (χ3n) is 4.01. The summed E-state index contributed by atoms with van der Waals surface area (Å²) in [5.74, 6) is 7.84. The van der Waals surface area contributed by atoms with Crippen LogP contribution in [0.5, 0.6) is 0 Å². The van der Waals surface area contributed by atoms with E-state index in [-0.39, 0.29) is 0 Å². The van der Waals surface area contributed by atoms with E-state index in [2.05, 4.69) is 73.9 Å². The molecule has 0 spiro atoms. The molecule has 1 fully saturated rings. The van der Waals surface area contributed by atoms with Crippen molar-refractivity contribution < 1.29 is 0 Å². The van der Waals surface area contributed by atoms with E-state index in [4.69, 9.17) is 0 Å². The summed E-state index contributed by atoms with van der Waals surface area (Å²) in [4.78, 5) is 0. The lowest BCUT2D eigenvalue weighted by Crippen LogP contribution is -2.30. The molecule has 0 aromatic heterocycles. The molecular formula is C19H22Si. The van der Waals surface area contributed by atoms with Crippen LogP contribution in [0.15, 0.2) is 42.5 Å². The monoisotopic (exact) mass is 278 g/mol. The molecule has 0 aliphatic heterocycles. The zero-order chi connectivity index (χ0) is 14.2. The Hall–Kier alpha value is -1.52. The van der Waals surface area contributed by atoms with Crippen molar-refractivity contribution in [3.05, 3.63) is 48.0 Å². The second-order valence-corrected chi connectivity index (χ2v) is 12.2. The van der Waals surface area contributed by atoms with Crippen LogP contribution in [0.4, 0.5) is 0 Å². The summed E-state index contributed by atoms with van der Waals surface area (Å²) in [6.07, 6.45) is 2.61. The lowest BCUT2D eigenvalue weighted by molar-refractivity contribution is 1.14. The maximum Gasteiger partial charge on any atom is 0.0669 e. The van der Waals surface area contributed by atoms with Crippen LogP contribution in [-0.2, 0) is 0 Å². The summed E-state index contributed by atoms with van der Waals surface area (Å²) in [6, 6.07) is 15.4. The fourth-order valence-electron chi connectivity index (χ4n) is 2.69. The van der Waals surface area contributed by atoms with Gasteiger partial charge in [-0.1, -0.05) is 73.9 Å². The van der Waals surface area contributed by atoms with Gasteiger partial charge >= 0.3 is 0 Å². The normalized spacial score (nSPS) is 16.6. The Balaban J connectivity index is 2.11. The SMILES string of the molecule is C[Si](C)(C)C(C#CC1CC1)c1cccc2ccccc12. The number of fused-ring (bicyclic) bond motifs is 1. The molecule has 3 rings (SSSR count). The molecule has 0 radical (unpaired) electrons. The Morgan fingerprint density at radius 1 is 1.00 bits per heavy atom. The Labute approximate surface area is 123 Å². The summed E-state index contributed by atoms with van der Waals surface area (Å²) in [5.41, 5.74) is 1.88. The van der Waals surface area contributed by atoms with Gasteiger partial charge < -0.3 is 0 Å². The molecule has 0 amide bonds. The molecule has 2 aromatic carbocycles. The predicted octanol–water partition coefficient (Wildman–Crippen LogP) is 5.21. The summed E-state index contributed by atoms with van der Waals surface area (Å²) in [5, 5.41) is 2.72. The van der Waals surface area contributed by atoms with Crippen LogP contribution in [0.25, 0.3) is 10.8 Å². The number of hydrogen-bond donors (Lipinski definition) is 0. The van der Waals surface area contributed by atoms with Gasteiger partial charge in [-0.2, -0.15) is 0 Å². The zero-order valence-corrected chi connectivity index (χ0v) is 13.6. The first-order valence-corrected chi connectivity index (χ1v) is 11.1. The van der Waals surface area contributed by atoms with Gasteiger partial charge in [0.2, 0.25) is 0 Å². The smallest absolute Gasteiger partial charge is 0.0669 e. The first kappa shape index (κ1) is 13.5. The van der Waals surface area contributed by atoms with Crippen molar-refractivity contribution in [2.45, 2.75) is 38.0 Å². The van der Waals surface area contributed by atoms with Crippen molar-refractivity contribution >= 4 is 18.8 Å². The van der Waals surface area contributed by atoms with Crippen molar-refractivity contribution in [3.63, 3.8) is 0 Å². The van der Waals surface area contributed by atoms with Crippen LogP contribution in [0.1, 0.15) is 23.9 Å². The second-order valence-electron chi connectivity index (χ2n) is 6.93. The zero-order valence-electron chi connectivity index (χ0n) is 12.6. The van der Waals surface area contributed by atoms with E-state index in [9.17, 15) is 0 Å². The fourth-order valence-corrected chi connectivity index (χ4v) is 4.39. The van der Waals surface area contributed by atoms with Gasteiger partial charge in [0.05, 0.1) is 8.07 Å². The van der Waals surface area contributed by atoms with Crippen molar-refractivity contribution in [2.75, 3.05) is 0 Å². The lowest BCUT2D eigenvalue weighted by Gasteiger charge is -2.26. The summed E-state index contributed by atoms with van der Waals surface area (Å²) in [7, 11) is -1.36. The highest BCUT2D eigenvalue weighted by Crippen LogP contribution is 2.33. The average Bonchev–Trinajstić information content (AvgIpc) is 3.22. The molecule has 0 bridgehead atoms. The molecular weight excluding hydrogens is 256 g/mol. The Morgan fingerprint density at radius 3 is 2.40 bits per heavy atom. The third-order valence-corrected chi connectivity index (χ3v) is 6.20. The van der Waals surface area contributed by atoms with Gasteiger partial charge in [-0.25, -0.2) is 0 Å². The van der Waals surface area contributed by atoms with Crippen LogP contribution < -0.4 is 0 Å². The van der Waals surface area contributed by atoms with E-state index < -0.39 is 8.07 Å².